The summed E-state index contributed by atoms with van der Waals surface area (Å²) in [6.45, 7) is 4.98. The van der Waals surface area contributed by atoms with Gasteiger partial charge in [-0.3, -0.25) is 0 Å². The maximum Gasteiger partial charge on any atom is 0.0300 e. The van der Waals surface area contributed by atoms with Crippen molar-refractivity contribution in [3.05, 3.63) is 20.8 Å². The van der Waals surface area contributed by atoms with Crippen LogP contribution in [-0.4, -0.2) is 13.1 Å². The van der Waals surface area contributed by atoms with E-state index in [1.54, 1.807) is 11.3 Å². The van der Waals surface area contributed by atoms with E-state index < -0.39 is 0 Å². The van der Waals surface area contributed by atoms with Crippen LogP contribution in [0.15, 0.2) is 15.9 Å². The lowest BCUT2D eigenvalue weighted by Crippen LogP contribution is -2.20. The minimum Gasteiger partial charge on any atom is -0.330 e. The molecule has 0 radical (unpaired) electrons. The molecule has 0 saturated carbocycles. The van der Waals surface area contributed by atoms with E-state index in [9.17, 15) is 0 Å². The van der Waals surface area contributed by atoms with Crippen LogP contribution in [0.25, 0.3) is 0 Å². The Morgan fingerprint density at radius 2 is 2.43 bits per heavy atom. The van der Waals surface area contributed by atoms with Gasteiger partial charge in [-0.15, -0.1) is 11.3 Å². The fourth-order valence-corrected chi connectivity index (χ4v) is 2.55. The Morgan fingerprint density at radius 3 is 3.00 bits per heavy atom. The lowest BCUT2D eigenvalue weighted by molar-refractivity contribution is 0.510. The molecule has 0 aromatic carbocycles. The highest BCUT2D eigenvalue weighted by atomic mass is 79.9. The summed E-state index contributed by atoms with van der Waals surface area (Å²) in [5.41, 5.74) is 5.54. The fourth-order valence-electron chi connectivity index (χ4n) is 1.12. The SMILES string of the molecule is CC(CN)CCNCc1cc(Br)cs1. The van der Waals surface area contributed by atoms with Gasteiger partial charge in [-0.25, -0.2) is 0 Å². The van der Waals surface area contributed by atoms with Crippen molar-refractivity contribution in [1.29, 1.82) is 0 Å². The largest absolute Gasteiger partial charge is 0.330 e. The second-order valence-electron chi connectivity index (χ2n) is 3.54. The molecule has 1 aromatic heterocycles. The molecule has 0 bridgehead atoms. The molecule has 1 rings (SSSR count). The van der Waals surface area contributed by atoms with Crippen molar-refractivity contribution < 1.29 is 0 Å². The van der Waals surface area contributed by atoms with Crippen molar-refractivity contribution in [3.63, 3.8) is 0 Å². The van der Waals surface area contributed by atoms with E-state index in [4.69, 9.17) is 5.73 Å². The highest BCUT2D eigenvalue weighted by Gasteiger charge is 1.99. The molecule has 0 aliphatic rings. The van der Waals surface area contributed by atoms with Crippen molar-refractivity contribution in [2.24, 2.45) is 11.7 Å². The lowest BCUT2D eigenvalue weighted by atomic mass is 10.1. The quantitative estimate of drug-likeness (QED) is 0.784. The molecule has 1 aromatic rings. The average molecular weight is 277 g/mol. The number of nitrogens with one attached hydrogen (secondary N) is 1. The summed E-state index contributed by atoms with van der Waals surface area (Å²) in [6.07, 6.45) is 1.16. The van der Waals surface area contributed by atoms with Crippen LogP contribution in [0.1, 0.15) is 18.2 Å². The minimum absolute atomic E-state index is 0.623. The standard InChI is InChI=1S/C10H17BrN2S/c1-8(5-12)2-3-13-6-10-4-9(11)7-14-10/h4,7-8,13H,2-3,5-6,12H2,1H3. The first-order chi connectivity index (χ1) is 6.72. The van der Waals surface area contributed by atoms with Gasteiger partial charge < -0.3 is 11.1 Å². The molecule has 4 heteroatoms. The smallest absolute Gasteiger partial charge is 0.0300 e. The first kappa shape index (κ1) is 12.2. The molecule has 3 N–H and O–H groups in total. The first-order valence-corrected chi connectivity index (χ1v) is 6.53. The van der Waals surface area contributed by atoms with E-state index in [2.05, 4.69) is 39.6 Å². The van der Waals surface area contributed by atoms with Crippen molar-refractivity contribution in [2.45, 2.75) is 19.9 Å². The predicted octanol–water partition coefficient (Wildman–Crippen LogP) is 2.59. The number of halogens is 1. The molecule has 1 unspecified atom stereocenters. The average Bonchev–Trinajstić information content (AvgIpc) is 2.58. The molecule has 2 nitrogen and oxygen atoms in total. The number of hydrogen-bond donors (Lipinski definition) is 2. The molecule has 1 atom stereocenters. The highest BCUT2D eigenvalue weighted by molar-refractivity contribution is 9.10. The van der Waals surface area contributed by atoms with Gasteiger partial charge in [-0.05, 0) is 47.4 Å². The van der Waals surface area contributed by atoms with E-state index in [0.29, 0.717) is 5.92 Å². The van der Waals surface area contributed by atoms with Crippen molar-refractivity contribution in [3.8, 4) is 0 Å². The normalized spacial score (nSPS) is 13.1. The third-order valence-electron chi connectivity index (χ3n) is 2.14. The Kier molecular flexibility index (Phi) is 5.70. The lowest BCUT2D eigenvalue weighted by Gasteiger charge is -2.08. The van der Waals surface area contributed by atoms with E-state index in [1.165, 1.54) is 9.35 Å². The topological polar surface area (TPSA) is 38.0 Å². The van der Waals surface area contributed by atoms with Crippen LogP contribution in [0.4, 0.5) is 0 Å². The van der Waals surface area contributed by atoms with Crippen LogP contribution in [0.5, 0.6) is 0 Å². The number of nitrogens with two attached hydrogens (primary N) is 1. The number of rotatable bonds is 6. The third-order valence-corrected chi connectivity index (χ3v) is 3.83. The van der Waals surface area contributed by atoms with Crippen LogP contribution in [0, 0.1) is 5.92 Å². The van der Waals surface area contributed by atoms with E-state index in [0.717, 1.165) is 26.1 Å². The van der Waals surface area contributed by atoms with Crippen LogP contribution < -0.4 is 11.1 Å². The van der Waals surface area contributed by atoms with Crippen LogP contribution in [0.3, 0.4) is 0 Å². The maximum absolute atomic E-state index is 5.54. The van der Waals surface area contributed by atoms with Gasteiger partial charge in [0.2, 0.25) is 0 Å². The summed E-state index contributed by atoms with van der Waals surface area (Å²) in [5.74, 6) is 0.623. The zero-order valence-corrected chi connectivity index (χ0v) is 10.8. The highest BCUT2D eigenvalue weighted by Crippen LogP contribution is 2.19. The minimum atomic E-state index is 0.623. The van der Waals surface area contributed by atoms with Crippen LogP contribution in [-0.2, 0) is 6.54 Å². The monoisotopic (exact) mass is 276 g/mol. The van der Waals surface area contributed by atoms with Gasteiger partial charge in [0, 0.05) is 21.3 Å². The zero-order chi connectivity index (χ0) is 10.4. The van der Waals surface area contributed by atoms with Gasteiger partial charge in [0.1, 0.15) is 0 Å². The zero-order valence-electron chi connectivity index (χ0n) is 8.42. The van der Waals surface area contributed by atoms with Crippen molar-refractivity contribution in [1.82, 2.24) is 5.32 Å². The second kappa shape index (κ2) is 6.56. The van der Waals surface area contributed by atoms with E-state index in [1.807, 2.05) is 0 Å². The van der Waals surface area contributed by atoms with Crippen molar-refractivity contribution in [2.75, 3.05) is 13.1 Å². The summed E-state index contributed by atoms with van der Waals surface area (Å²) < 4.78 is 1.18. The van der Waals surface area contributed by atoms with Crippen LogP contribution in [0.2, 0.25) is 0 Å². The molecular weight excluding hydrogens is 260 g/mol. The molecule has 1 heterocycles. The molecule has 14 heavy (non-hydrogen) atoms. The Hall–Kier alpha value is 0.1000. The van der Waals surface area contributed by atoms with E-state index >= 15 is 0 Å². The van der Waals surface area contributed by atoms with E-state index in [-0.39, 0.29) is 0 Å². The summed E-state index contributed by atoms with van der Waals surface area (Å²) in [4.78, 5) is 1.37. The Morgan fingerprint density at radius 1 is 1.64 bits per heavy atom. The summed E-state index contributed by atoms with van der Waals surface area (Å²) in [5, 5.41) is 5.52. The number of hydrogen-bond acceptors (Lipinski definition) is 3. The Bertz CT molecular complexity index is 262. The van der Waals surface area contributed by atoms with Gasteiger partial charge in [0.15, 0.2) is 0 Å². The summed E-state index contributed by atoms with van der Waals surface area (Å²) >= 11 is 5.22. The molecular formula is C10H17BrN2S. The molecule has 0 saturated heterocycles. The maximum atomic E-state index is 5.54. The molecule has 0 fully saturated rings. The molecule has 0 aliphatic carbocycles. The summed E-state index contributed by atoms with van der Waals surface area (Å²) in [6, 6.07) is 2.16. The summed E-state index contributed by atoms with van der Waals surface area (Å²) in [7, 11) is 0. The van der Waals surface area contributed by atoms with Gasteiger partial charge in [-0.1, -0.05) is 6.92 Å². The van der Waals surface area contributed by atoms with Gasteiger partial charge in [0.05, 0.1) is 0 Å². The third kappa shape index (κ3) is 4.55. The Labute approximate surface area is 98.0 Å². The fraction of sp³-hybridized carbons (Fsp3) is 0.600. The number of thiophene rings is 1. The van der Waals surface area contributed by atoms with Gasteiger partial charge >= 0.3 is 0 Å². The molecule has 80 valence electrons. The van der Waals surface area contributed by atoms with Crippen LogP contribution >= 0.6 is 27.3 Å². The second-order valence-corrected chi connectivity index (χ2v) is 5.45. The first-order valence-electron chi connectivity index (χ1n) is 4.86. The molecule has 0 aliphatic heterocycles. The molecule has 0 spiro atoms. The van der Waals surface area contributed by atoms with Gasteiger partial charge in [0.25, 0.3) is 0 Å². The predicted molar refractivity (Wildman–Crippen MR) is 66.6 cm³/mol. The van der Waals surface area contributed by atoms with Crippen molar-refractivity contribution >= 4 is 27.3 Å². The Balaban J connectivity index is 2.10. The van der Waals surface area contributed by atoms with Gasteiger partial charge in [-0.2, -0.15) is 0 Å². The molecule has 0 amide bonds.